The Hall–Kier alpha value is -3.20. The number of hydrogen-bond acceptors (Lipinski definition) is 2. The zero-order valence-electron chi connectivity index (χ0n) is 20.8. The van der Waals surface area contributed by atoms with E-state index in [-0.39, 0.29) is 0 Å². The largest absolute Gasteiger partial charge is 0.264 e. The summed E-state index contributed by atoms with van der Waals surface area (Å²) in [4.78, 5) is 4.16. The summed E-state index contributed by atoms with van der Waals surface area (Å²) < 4.78 is 2.02. The molecule has 0 fully saturated rings. The van der Waals surface area contributed by atoms with Crippen LogP contribution in [0.25, 0.3) is 16.9 Å². The summed E-state index contributed by atoms with van der Waals surface area (Å²) in [7, 11) is 0. The Labute approximate surface area is 199 Å². The SMILES string of the molecule is CC.CCC1Cc2ccccc2C1.CCc1cc(-c2cccnc2)nn1-c1ccc(C)cc1. The first-order chi connectivity index (χ1) is 16.2. The van der Waals surface area contributed by atoms with Crippen molar-refractivity contribution < 1.29 is 0 Å². The van der Waals surface area contributed by atoms with Gasteiger partial charge in [0.1, 0.15) is 0 Å². The molecule has 2 aromatic carbocycles. The predicted molar refractivity (Wildman–Crippen MR) is 140 cm³/mol. The van der Waals surface area contributed by atoms with Gasteiger partial charge in [0.05, 0.1) is 11.4 Å². The van der Waals surface area contributed by atoms with Crippen molar-refractivity contribution >= 4 is 0 Å². The van der Waals surface area contributed by atoms with Crippen LogP contribution < -0.4 is 0 Å². The fourth-order valence-electron chi connectivity index (χ4n) is 4.18. The lowest BCUT2D eigenvalue weighted by molar-refractivity contribution is 0.543. The average Bonchev–Trinajstić information content (AvgIpc) is 3.51. The molecule has 172 valence electrons. The molecule has 0 amide bonds. The third-order valence-corrected chi connectivity index (χ3v) is 6.09. The van der Waals surface area contributed by atoms with E-state index in [9.17, 15) is 0 Å². The number of fused-ring (bicyclic) bond motifs is 1. The molecule has 0 bridgehead atoms. The van der Waals surface area contributed by atoms with Gasteiger partial charge in [0.2, 0.25) is 0 Å². The number of hydrogen-bond donors (Lipinski definition) is 0. The molecule has 0 saturated carbocycles. The van der Waals surface area contributed by atoms with Crippen LogP contribution in [0.1, 0.15) is 56.5 Å². The maximum Gasteiger partial charge on any atom is 0.0945 e. The molecule has 2 heterocycles. The fourth-order valence-corrected chi connectivity index (χ4v) is 4.18. The molecule has 1 aliphatic carbocycles. The topological polar surface area (TPSA) is 30.7 Å². The van der Waals surface area contributed by atoms with Gasteiger partial charge in [-0.25, -0.2) is 4.68 Å². The molecular formula is C30H37N3. The highest BCUT2D eigenvalue weighted by molar-refractivity contribution is 5.58. The van der Waals surface area contributed by atoms with E-state index in [0.29, 0.717) is 0 Å². The lowest BCUT2D eigenvalue weighted by atomic mass is 10.0. The molecule has 0 aliphatic heterocycles. The molecule has 5 rings (SSSR count). The Morgan fingerprint density at radius 3 is 2.09 bits per heavy atom. The Bertz CT molecular complexity index is 1090. The number of pyridine rings is 1. The van der Waals surface area contributed by atoms with Crippen molar-refractivity contribution in [2.75, 3.05) is 0 Å². The summed E-state index contributed by atoms with van der Waals surface area (Å²) in [6.07, 6.45) is 8.53. The average molecular weight is 440 g/mol. The van der Waals surface area contributed by atoms with E-state index in [1.54, 1.807) is 17.3 Å². The van der Waals surface area contributed by atoms with Crippen LogP contribution in [-0.2, 0) is 19.3 Å². The third kappa shape index (κ3) is 6.19. The molecule has 0 radical (unpaired) electrons. The molecule has 2 aromatic heterocycles. The van der Waals surface area contributed by atoms with Crippen molar-refractivity contribution in [3.63, 3.8) is 0 Å². The summed E-state index contributed by atoms with van der Waals surface area (Å²) >= 11 is 0. The van der Waals surface area contributed by atoms with Gasteiger partial charge < -0.3 is 0 Å². The minimum atomic E-state index is 0.924. The van der Waals surface area contributed by atoms with Crippen LogP contribution in [0.3, 0.4) is 0 Å². The number of nitrogens with zero attached hydrogens (tertiary/aromatic N) is 3. The molecule has 33 heavy (non-hydrogen) atoms. The highest BCUT2D eigenvalue weighted by Crippen LogP contribution is 2.28. The minimum absolute atomic E-state index is 0.924. The summed E-state index contributed by atoms with van der Waals surface area (Å²) in [5, 5.41) is 4.73. The molecule has 0 N–H and O–H groups in total. The van der Waals surface area contributed by atoms with Gasteiger partial charge in [0, 0.05) is 23.7 Å². The van der Waals surface area contributed by atoms with E-state index in [0.717, 1.165) is 29.3 Å². The molecule has 0 atom stereocenters. The first-order valence-corrected chi connectivity index (χ1v) is 12.3. The molecule has 0 saturated heterocycles. The number of aryl methyl sites for hydroxylation is 2. The van der Waals surface area contributed by atoms with Crippen molar-refractivity contribution in [1.82, 2.24) is 14.8 Å². The van der Waals surface area contributed by atoms with Gasteiger partial charge in [-0.2, -0.15) is 5.10 Å². The quantitative estimate of drug-likeness (QED) is 0.327. The van der Waals surface area contributed by atoms with Crippen molar-refractivity contribution in [3.8, 4) is 16.9 Å². The predicted octanol–water partition coefficient (Wildman–Crippen LogP) is 7.64. The number of benzene rings is 2. The summed E-state index contributed by atoms with van der Waals surface area (Å²) in [5.41, 5.74) is 8.74. The van der Waals surface area contributed by atoms with Gasteiger partial charge >= 0.3 is 0 Å². The zero-order valence-corrected chi connectivity index (χ0v) is 20.8. The Morgan fingerprint density at radius 2 is 1.55 bits per heavy atom. The molecule has 3 nitrogen and oxygen atoms in total. The minimum Gasteiger partial charge on any atom is -0.264 e. The molecule has 3 heteroatoms. The lowest BCUT2D eigenvalue weighted by Crippen LogP contribution is -2.01. The van der Waals surface area contributed by atoms with Gasteiger partial charge in [-0.05, 0) is 73.6 Å². The Morgan fingerprint density at radius 1 is 0.879 bits per heavy atom. The molecule has 4 aromatic rings. The maximum atomic E-state index is 4.73. The Kier molecular flexibility index (Phi) is 9.00. The van der Waals surface area contributed by atoms with E-state index < -0.39 is 0 Å². The monoisotopic (exact) mass is 439 g/mol. The molecular weight excluding hydrogens is 402 g/mol. The van der Waals surface area contributed by atoms with Gasteiger partial charge in [0.15, 0.2) is 0 Å². The first-order valence-electron chi connectivity index (χ1n) is 12.3. The van der Waals surface area contributed by atoms with Crippen LogP contribution in [0.5, 0.6) is 0 Å². The van der Waals surface area contributed by atoms with E-state index in [1.807, 2.05) is 36.9 Å². The smallest absolute Gasteiger partial charge is 0.0945 e. The second-order valence-electron chi connectivity index (χ2n) is 8.31. The Balaban J connectivity index is 0.000000199. The van der Waals surface area contributed by atoms with Gasteiger partial charge in [-0.3, -0.25) is 4.98 Å². The van der Waals surface area contributed by atoms with Crippen molar-refractivity contribution in [1.29, 1.82) is 0 Å². The first kappa shape index (κ1) is 24.4. The van der Waals surface area contributed by atoms with Crippen molar-refractivity contribution in [2.45, 2.75) is 60.3 Å². The van der Waals surface area contributed by atoms with Crippen LogP contribution >= 0.6 is 0 Å². The van der Waals surface area contributed by atoms with Crippen LogP contribution in [0.4, 0.5) is 0 Å². The normalized spacial score (nSPS) is 12.3. The fraction of sp³-hybridized carbons (Fsp3) is 0.333. The third-order valence-electron chi connectivity index (χ3n) is 6.09. The molecule has 0 spiro atoms. The second kappa shape index (κ2) is 12.2. The van der Waals surface area contributed by atoms with E-state index in [1.165, 1.54) is 30.5 Å². The second-order valence-corrected chi connectivity index (χ2v) is 8.31. The van der Waals surface area contributed by atoms with E-state index >= 15 is 0 Å². The highest BCUT2D eigenvalue weighted by Gasteiger charge is 2.18. The molecule has 0 unspecified atom stereocenters. The lowest BCUT2D eigenvalue weighted by Gasteiger charge is -2.05. The van der Waals surface area contributed by atoms with E-state index in [4.69, 9.17) is 5.10 Å². The van der Waals surface area contributed by atoms with Gasteiger partial charge in [-0.1, -0.05) is 76.1 Å². The standard InChI is InChI=1S/C17H17N3.C11H14.C2H6/c1-3-15-11-17(14-5-4-10-18-12-14)19-20(15)16-8-6-13(2)7-9-16;1-2-9-7-10-5-3-4-6-11(10)8-9;1-2/h4-12H,3H2,1-2H3;3-6,9H,2,7-8H2,1H3;1-2H3. The van der Waals surface area contributed by atoms with Crippen LogP contribution in [-0.4, -0.2) is 14.8 Å². The van der Waals surface area contributed by atoms with Crippen molar-refractivity contribution in [3.05, 3.63) is 102 Å². The molecule has 1 aliphatic rings. The van der Waals surface area contributed by atoms with Gasteiger partial charge in [0.25, 0.3) is 0 Å². The van der Waals surface area contributed by atoms with Crippen LogP contribution in [0.15, 0.2) is 79.1 Å². The maximum absolute atomic E-state index is 4.73. The number of rotatable bonds is 4. The van der Waals surface area contributed by atoms with Gasteiger partial charge in [-0.15, -0.1) is 0 Å². The van der Waals surface area contributed by atoms with Crippen LogP contribution in [0.2, 0.25) is 0 Å². The summed E-state index contributed by atoms with van der Waals surface area (Å²) in [6, 6.07) is 23.4. The van der Waals surface area contributed by atoms with Crippen LogP contribution in [0, 0.1) is 12.8 Å². The zero-order chi connectivity index (χ0) is 23.6. The van der Waals surface area contributed by atoms with E-state index in [2.05, 4.69) is 80.4 Å². The number of aromatic nitrogens is 3. The summed E-state index contributed by atoms with van der Waals surface area (Å²) in [6.45, 7) is 10.5. The highest BCUT2D eigenvalue weighted by atomic mass is 15.3. The van der Waals surface area contributed by atoms with Crippen molar-refractivity contribution in [2.24, 2.45) is 5.92 Å². The summed E-state index contributed by atoms with van der Waals surface area (Å²) in [5.74, 6) is 0.924.